The van der Waals surface area contributed by atoms with Crippen LogP contribution in [0.1, 0.15) is 17.5 Å². The predicted octanol–water partition coefficient (Wildman–Crippen LogP) is 3.67. The van der Waals surface area contributed by atoms with Crippen LogP contribution in [0.3, 0.4) is 0 Å². The molecule has 2 aromatic carbocycles. The summed E-state index contributed by atoms with van der Waals surface area (Å²) in [6.07, 6.45) is 4.84. The highest BCUT2D eigenvalue weighted by Gasteiger charge is 2.16. The summed E-state index contributed by atoms with van der Waals surface area (Å²) >= 11 is 0. The topological polar surface area (TPSA) is 48.8 Å². The van der Waals surface area contributed by atoms with E-state index in [0.717, 1.165) is 62.1 Å². The van der Waals surface area contributed by atoms with Gasteiger partial charge in [-0.2, -0.15) is 0 Å². The zero-order chi connectivity index (χ0) is 20.2. The first-order valence-corrected chi connectivity index (χ1v) is 10.6. The van der Waals surface area contributed by atoms with Crippen molar-refractivity contribution in [1.82, 2.24) is 14.5 Å². The van der Waals surface area contributed by atoms with Crippen molar-refractivity contribution in [3.63, 3.8) is 0 Å². The summed E-state index contributed by atoms with van der Waals surface area (Å²) in [7, 11) is 0. The molecule has 0 bridgehead atoms. The van der Waals surface area contributed by atoms with E-state index in [9.17, 15) is 0 Å². The summed E-state index contributed by atoms with van der Waals surface area (Å²) < 4.78 is 19.3. The average Bonchev–Trinajstić information content (AvgIpc) is 3.46. The van der Waals surface area contributed by atoms with E-state index in [1.165, 1.54) is 11.1 Å². The molecule has 2 aliphatic rings. The molecule has 6 nitrogen and oxygen atoms in total. The van der Waals surface area contributed by atoms with Crippen molar-refractivity contribution >= 4 is 0 Å². The molecule has 1 saturated heterocycles. The largest absolute Gasteiger partial charge is 0.493 e. The molecule has 0 amide bonds. The summed E-state index contributed by atoms with van der Waals surface area (Å²) in [5.41, 5.74) is 4.61. The van der Waals surface area contributed by atoms with Gasteiger partial charge in [0, 0.05) is 37.7 Å². The standard InChI is InChI=1S/C24H27N3O3/c1-2-5-23(30-13-3-9-26-11-14-28-15-12-26)22(4-1)24-25-8-10-27(24)21-7-6-19-17-29-18-20(19)16-21/h1-2,4-8,10,16H,3,9,11-15,17-18H2. The third-order valence-corrected chi connectivity index (χ3v) is 5.73. The zero-order valence-corrected chi connectivity index (χ0v) is 17.1. The van der Waals surface area contributed by atoms with Crippen LogP contribution in [0.2, 0.25) is 0 Å². The maximum absolute atomic E-state index is 6.19. The molecular weight excluding hydrogens is 378 g/mol. The zero-order valence-electron chi connectivity index (χ0n) is 17.1. The van der Waals surface area contributed by atoms with E-state index in [-0.39, 0.29) is 0 Å². The number of hydrogen-bond donors (Lipinski definition) is 0. The number of imidazole rings is 1. The van der Waals surface area contributed by atoms with Gasteiger partial charge in [-0.3, -0.25) is 9.47 Å². The van der Waals surface area contributed by atoms with Crippen LogP contribution in [-0.4, -0.2) is 53.9 Å². The molecule has 30 heavy (non-hydrogen) atoms. The first-order valence-electron chi connectivity index (χ1n) is 10.6. The minimum Gasteiger partial charge on any atom is -0.493 e. The number of ether oxygens (including phenoxy) is 3. The number of aromatic nitrogens is 2. The number of hydrogen-bond acceptors (Lipinski definition) is 5. The third-order valence-electron chi connectivity index (χ3n) is 5.73. The Morgan fingerprint density at radius 1 is 0.967 bits per heavy atom. The molecular formula is C24H27N3O3. The lowest BCUT2D eigenvalue weighted by Crippen LogP contribution is -2.37. The highest BCUT2D eigenvalue weighted by Crippen LogP contribution is 2.31. The fourth-order valence-electron chi connectivity index (χ4n) is 4.09. The highest BCUT2D eigenvalue weighted by molar-refractivity contribution is 5.66. The fraction of sp³-hybridized carbons (Fsp3) is 0.375. The van der Waals surface area contributed by atoms with Crippen molar-refractivity contribution in [1.29, 1.82) is 0 Å². The van der Waals surface area contributed by atoms with Gasteiger partial charge in [-0.1, -0.05) is 18.2 Å². The summed E-state index contributed by atoms with van der Waals surface area (Å²) in [6.45, 7) is 6.80. The Balaban J connectivity index is 1.31. The van der Waals surface area contributed by atoms with Gasteiger partial charge < -0.3 is 14.2 Å². The van der Waals surface area contributed by atoms with Crippen molar-refractivity contribution in [3.8, 4) is 22.8 Å². The number of benzene rings is 2. The Kier molecular flexibility index (Phi) is 5.79. The van der Waals surface area contributed by atoms with Gasteiger partial charge in [0.25, 0.3) is 0 Å². The van der Waals surface area contributed by atoms with Crippen molar-refractivity contribution in [2.24, 2.45) is 0 Å². The molecule has 0 radical (unpaired) electrons. The van der Waals surface area contributed by atoms with Crippen molar-refractivity contribution in [3.05, 3.63) is 66.0 Å². The van der Waals surface area contributed by atoms with Crippen LogP contribution < -0.4 is 4.74 Å². The predicted molar refractivity (Wildman–Crippen MR) is 115 cm³/mol. The number of para-hydroxylation sites is 1. The molecule has 156 valence electrons. The molecule has 1 aromatic heterocycles. The quantitative estimate of drug-likeness (QED) is 0.562. The van der Waals surface area contributed by atoms with E-state index in [4.69, 9.17) is 14.2 Å². The van der Waals surface area contributed by atoms with Crippen LogP contribution in [0.4, 0.5) is 0 Å². The maximum atomic E-state index is 6.19. The van der Waals surface area contributed by atoms with Gasteiger partial charge in [0.15, 0.2) is 0 Å². The Hall–Kier alpha value is -2.67. The second-order valence-corrected chi connectivity index (χ2v) is 7.72. The highest BCUT2D eigenvalue weighted by atomic mass is 16.5. The van der Waals surface area contributed by atoms with E-state index < -0.39 is 0 Å². The molecule has 2 aliphatic heterocycles. The lowest BCUT2D eigenvalue weighted by atomic mass is 10.1. The molecule has 0 unspecified atom stereocenters. The molecule has 0 atom stereocenters. The Morgan fingerprint density at radius 3 is 2.77 bits per heavy atom. The first kappa shape index (κ1) is 19.3. The number of nitrogens with zero attached hydrogens (tertiary/aromatic N) is 3. The monoisotopic (exact) mass is 405 g/mol. The van der Waals surface area contributed by atoms with Crippen molar-refractivity contribution < 1.29 is 14.2 Å². The molecule has 1 fully saturated rings. The van der Waals surface area contributed by atoms with E-state index in [1.807, 2.05) is 30.6 Å². The van der Waals surface area contributed by atoms with Crippen LogP contribution in [0.25, 0.3) is 17.1 Å². The van der Waals surface area contributed by atoms with Crippen LogP contribution in [0.15, 0.2) is 54.9 Å². The fourth-order valence-corrected chi connectivity index (χ4v) is 4.09. The van der Waals surface area contributed by atoms with E-state index >= 15 is 0 Å². The molecule has 3 aromatic rings. The summed E-state index contributed by atoms with van der Waals surface area (Å²) in [4.78, 5) is 7.08. The number of morpholine rings is 1. The first-order chi connectivity index (χ1) is 14.9. The summed E-state index contributed by atoms with van der Waals surface area (Å²) in [6, 6.07) is 14.6. The van der Waals surface area contributed by atoms with Gasteiger partial charge in [0.1, 0.15) is 11.6 Å². The normalized spacial score (nSPS) is 16.5. The molecule has 0 spiro atoms. The number of fused-ring (bicyclic) bond motifs is 1. The van der Waals surface area contributed by atoms with Gasteiger partial charge in [-0.25, -0.2) is 4.98 Å². The van der Waals surface area contributed by atoms with Crippen LogP contribution >= 0.6 is 0 Å². The lowest BCUT2D eigenvalue weighted by Gasteiger charge is -2.26. The van der Waals surface area contributed by atoms with Gasteiger partial charge >= 0.3 is 0 Å². The second kappa shape index (κ2) is 9.00. The molecule has 0 saturated carbocycles. The smallest absolute Gasteiger partial charge is 0.148 e. The van der Waals surface area contributed by atoms with Crippen LogP contribution in [-0.2, 0) is 22.7 Å². The van der Waals surface area contributed by atoms with Gasteiger partial charge in [0.05, 0.1) is 38.6 Å². The van der Waals surface area contributed by atoms with Gasteiger partial charge in [0.2, 0.25) is 0 Å². The molecule has 0 N–H and O–H groups in total. The molecule has 6 heteroatoms. The van der Waals surface area contributed by atoms with Crippen LogP contribution in [0, 0.1) is 0 Å². The Bertz CT molecular complexity index is 995. The number of rotatable bonds is 7. The molecule has 0 aliphatic carbocycles. The minimum absolute atomic E-state index is 0.677. The Morgan fingerprint density at radius 2 is 1.83 bits per heavy atom. The average molecular weight is 405 g/mol. The lowest BCUT2D eigenvalue weighted by molar-refractivity contribution is 0.0358. The van der Waals surface area contributed by atoms with Crippen molar-refractivity contribution in [2.75, 3.05) is 39.5 Å². The maximum Gasteiger partial charge on any atom is 0.148 e. The van der Waals surface area contributed by atoms with E-state index in [1.54, 1.807) is 0 Å². The SMILES string of the molecule is c1ccc(-c2nccn2-c2ccc3c(c2)COC3)c(OCCCN2CCOCC2)c1. The minimum atomic E-state index is 0.677. The molecule has 5 rings (SSSR count). The third kappa shape index (κ3) is 4.12. The van der Waals surface area contributed by atoms with E-state index in [2.05, 4.69) is 38.7 Å². The second-order valence-electron chi connectivity index (χ2n) is 7.72. The molecule has 3 heterocycles. The van der Waals surface area contributed by atoms with Gasteiger partial charge in [-0.05, 0) is 41.8 Å². The van der Waals surface area contributed by atoms with Gasteiger partial charge in [-0.15, -0.1) is 0 Å². The summed E-state index contributed by atoms with van der Waals surface area (Å²) in [5.74, 6) is 1.76. The Labute approximate surface area is 177 Å². The van der Waals surface area contributed by atoms with E-state index in [0.29, 0.717) is 19.8 Å². The van der Waals surface area contributed by atoms with Crippen molar-refractivity contribution in [2.45, 2.75) is 19.6 Å². The summed E-state index contributed by atoms with van der Waals surface area (Å²) in [5, 5.41) is 0. The van der Waals surface area contributed by atoms with Crippen LogP contribution in [0.5, 0.6) is 5.75 Å².